The smallest absolute Gasteiger partial charge is 0.0122 e. The molecule has 0 aliphatic rings. The topological polar surface area (TPSA) is 0 Å². The molecule has 0 saturated heterocycles. The predicted molar refractivity (Wildman–Crippen MR) is 122 cm³/mol. The number of hydrogen-bond donors (Lipinski definition) is 0. The Kier molecular flexibility index (Phi) is 18.1. The Labute approximate surface area is 163 Å². The van der Waals surface area contributed by atoms with Crippen LogP contribution in [0.1, 0.15) is 143 Å². The Morgan fingerprint density at radius 1 is 0.520 bits per heavy atom. The highest BCUT2D eigenvalue weighted by Gasteiger charge is 2.32. The second-order valence-electron chi connectivity index (χ2n) is 8.54. The minimum atomic E-state index is 0.530. The van der Waals surface area contributed by atoms with Crippen molar-refractivity contribution in [2.45, 2.75) is 148 Å². The van der Waals surface area contributed by atoms with Crippen LogP contribution in [0.15, 0.2) is 0 Å². The molecule has 1 heteroatoms. The summed E-state index contributed by atoms with van der Waals surface area (Å²) in [7, 11) is 3.36. The fourth-order valence-electron chi connectivity index (χ4n) is 4.31. The summed E-state index contributed by atoms with van der Waals surface area (Å²) in [6.07, 6.45) is 25.7. The van der Waals surface area contributed by atoms with Crippen molar-refractivity contribution in [2.75, 3.05) is 0 Å². The zero-order chi connectivity index (χ0) is 18.8. The van der Waals surface area contributed by atoms with Crippen LogP contribution in [0.3, 0.4) is 0 Å². The van der Waals surface area contributed by atoms with Crippen LogP contribution in [-0.2, 0) is 0 Å². The largest absolute Gasteiger partial charge is 0.131 e. The third-order valence-corrected chi connectivity index (χ3v) is 7.15. The van der Waals surface area contributed by atoms with E-state index >= 15 is 0 Å². The molecule has 0 rings (SSSR count). The molecule has 0 aliphatic heterocycles. The lowest BCUT2D eigenvalue weighted by Crippen LogP contribution is -2.31. The summed E-state index contributed by atoms with van der Waals surface area (Å²) >= 11 is 0. The van der Waals surface area contributed by atoms with Crippen molar-refractivity contribution in [1.82, 2.24) is 0 Å². The Hall–Kier alpha value is 0.430. The standard InChI is InChI=1S/C24H51P/c1-5-9-12-13-14-15-16-17-18-20-23(19-8-4)24(25,21-10-6-2)22-11-7-3/h23H,5-22,25H2,1-4H3. The van der Waals surface area contributed by atoms with E-state index in [1.54, 1.807) is 0 Å². The van der Waals surface area contributed by atoms with Crippen molar-refractivity contribution < 1.29 is 0 Å². The highest BCUT2D eigenvalue weighted by atomic mass is 31.0. The fraction of sp³-hybridized carbons (Fsp3) is 1.00. The molecule has 0 bridgehead atoms. The van der Waals surface area contributed by atoms with Gasteiger partial charge in [-0.05, 0) is 36.8 Å². The summed E-state index contributed by atoms with van der Waals surface area (Å²) in [6.45, 7) is 9.38. The monoisotopic (exact) mass is 370 g/mol. The highest BCUT2D eigenvalue weighted by molar-refractivity contribution is 7.19. The quantitative estimate of drug-likeness (QED) is 0.157. The van der Waals surface area contributed by atoms with Crippen LogP contribution in [0.2, 0.25) is 0 Å². The van der Waals surface area contributed by atoms with Crippen molar-refractivity contribution in [1.29, 1.82) is 0 Å². The molecule has 0 nitrogen and oxygen atoms in total. The normalized spacial score (nSPS) is 13.3. The molecule has 0 radical (unpaired) electrons. The molecule has 25 heavy (non-hydrogen) atoms. The molecule has 0 amide bonds. The van der Waals surface area contributed by atoms with Gasteiger partial charge in [0.25, 0.3) is 0 Å². The van der Waals surface area contributed by atoms with Crippen molar-refractivity contribution >= 4 is 9.24 Å². The minimum Gasteiger partial charge on any atom is -0.131 e. The molecule has 0 aromatic heterocycles. The molecular formula is C24H51P. The first-order chi connectivity index (χ1) is 12.1. The molecule has 0 saturated carbocycles. The van der Waals surface area contributed by atoms with Gasteiger partial charge in [-0.2, -0.15) is 0 Å². The second-order valence-corrected chi connectivity index (χ2v) is 9.69. The Morgan fingerprint density at radius 2 is 0.960 bits per heavy atom. The third-order valence-electron chi connectivity index (χ3n) is 6.10. The number of rotatable bonds is 19. The van der Waals surface area contributed by atoms with Crippen LogP contribution in [0.4, 0.5) is 0 Å². The van der Waals surface area contributed by atoms with Crippen LogP contribution in [0.25, 0.3) is 0 Å². The van der Waals surface area contributed by atoms with Gasteiger partial charge in [0.2, 0.25) is 0 Å². The average Bonchev–Trinajstić information content (AvgIpc) is 2.62. The van der Waals surface area contributed by atoms with Crippen LogP contribution in [0, 0.1) is 5.92 Å². The molecule has 0 aromatic carbocycles. The molecule has 2 atom stereocenters. The van der Waals surface area contributed by atoms with E-state index in [0.29, 0.717) is 5.16 Å². The van der Waals surface area contributed by atoms with E-state index in [1.807, 2.05) is 0 Å². The van der Waals surface area contributed by atoms with Gasteiger partial charge in [-0.25, -0.2) is 0 Å². The van der Waals surface area contributed by atoms with E-state index in [2.05, 4.69) is 36.9 Å². The van der Waals surface area contributed by atoms with Crippen LogP contribution in [0.5, 0.6) is 0 Å². The summed E-state index contributed by atoms with van der Waals surface area (Å²) in [5.41, 5.74) is 0. The van der Waals surface area contributed by atoms with Gasteiger partial charge in [0.15, 0.2) is 0 Å². The first kappa shape index (κ1) is 25.4. The van der Waals surface area contributed by atoms with Crippen LogP contribution >= 0.6 is 9.24 Å². The van der Waals surface area contributed by atoms with Crippen LogP contribution < -0.4 is 0 Å². The first-order valence-electron chi connectivity index (χ1n) is 11.9. The lowest BCUT2D eigenvalue weighted by molar-refractivity contribution is 0.278. The van der Waals surface area contributed by atoms with Gasteiger partial charge >= 0.3 is 0 Å². The SMILES string of the molecule is CCCCCCCCCCCC(CCC)C(P)(CCCC)CCCC. The molecular weight excluding hydrogens is 319 g/mol. The molecule has 0 spiro atoms. The maximum Gasteiger partial charge on any atom is -0.0122 e. The lowest BCUT2D eigenvalue weighted by Gasteiger charge is -2.38. The van der Waals surface area contributed by atoms with Crippen molar-refractivity contribution in [3.05, 3.63) is 0 Å². The predicted octanol–water partition coefficient (Wildman–Crippen LogP) is 9.32. The molecule has 0 N–H and O–H groups in total. The van der Waals surface area contributed by atoms with E-state index in [4.69, 9.17) is 0 Å². The van der Waals surface area contributed by atoms with E-state index in [-0.39, 0.29) is 0 Å². The van der Waals surface area contributed by atoms with Gasteiger partial charge in [0.05, 0.1) is 0 Å². The van der Waals surface area contributed by atoms with E-state index in [1.165, 1.54) is 116 Å². The lowest BCUT2D eigenvalue weighted by atomic mass is 9.77. The highest BCUT2D eigenvalue weighted by Crippen LogP contribution is 2.43. The molecule has 0 fully saturated rings. The molecule has 0 heterocycles. The van der Waals surface area contributed by atoms with Gasteiger partial charge in [-0.15, -0.1) is 9.24 Å². The Bertz CT molecular complexity index is 253. The maximum atomic E-state index is 3.36. The zero-order valence-electron chi connectivity index (χ0n) is 18.4. The maximum absolute atomic E-state index is 3.36. The third kappa shape index (κ3) is 13.3. The summed E-state index contributed by atoms with van der Waals surface area (Å²) < 4.78 is 0. The summed E-state index contributed by atoms with van der Waals surface area (Å²) in [4.78, 5) is 0. The van der Waals surface area contributed by atoms with E-state index in [9.17, 15) is 0 Å². The van der Waals surface area contributed by atoms with Gasteiger partial charge in [-0.3, -0.25) is 0 Å². The summed E-state index contributed by atoms with van der Waals surface area (Å²) in [5, 5.41) is 0.530. The van der Waals surface area contributed by atoms with E-state index < -0.39 is 0 Å². The molecule has 2 unspecified atom stereocenters. The molecule has 0 aromatic rings. The summed E-state index contributed by atoms with van der Waals surface area (Å²) in [6, 6.07) is 0. The number of unbranched alkanes of at least 4 members (excludes halogenated alkanes) is 10. The summed E-state index contributed by atoms with van der Waals surface area (Å²) in [5.74, 6) is 0.935. The molecule has 152 valence electrons. The van der Waals surface area contributed by atoms with Gasteiger partial charge < -0.3 is 0 Å². The Morgan fingerprint density at radius 3 is 1.40 bits per heavy atom. The van der Waals surface area contributed by atoms with Gasteiger partial charge in [0, 0.05) is 0 Å². The van der Waals surface area contributed by atoms with Crippen molar-refractivity contribution in [3.63, 3.8) is 0 Å². The van der Waals surface area contributed by atoms with Crippen molar-refractivity contribution in [2.24, 2.45) is 5.92 Å². The van der Waals surface area contributed by atoms with Gasteiger partial charge in [0.1, 0.15) is 0 Å². The van der Waals surface area contributed by atoms with Crippen molar-refractivity contribution in [3.8, 4) is 0 Å². The van der Waals surface area contributed by atoms with Crippen LogP contribution in [-0.4, -0.2) is 5.16 Å². The second kappa shape index (κ2) is 17.8. The Balaban J connectivity index is 4.17. The number of hydrogen-bond acceptors (Lipinski definition) is 0. The average molecular weight is 371 g/mol. The van der Waals surface area contributed by atoms with Gasteiger partial charge in [-0.1, -0.05) is 118 Å². The zero-order valence-corrected chi connectivity index (χ0v) is 19.5. The minimum absolute atomic E-state index is 0.530. The van der Waals surface area contributed by atoms with E-state index in [0.717, 1.165) is 5.92 Å². The fourth-order valence-corrected chi connectivity index (χ4v) is 5.06. The first-order valence-corrected chi connectivity index (χ1v) is 12.5. The molecule has 0 aliphatic carbocycles.